The zero-order valence-electron chi connectivity index (χ0n) is 16.4. The van der Waals surface area contributed by atoms with Gasteiger partial charge in [0.15, 0.2) is 5.78 Å². The molecule has 1 aliphatic rings. The van der Waals surface area contributed by atoms with Crippen molar-refractivity contribution in [3.8, 4) is 11.1 Å². The Morgan fingerprint density at radius 3 is 2.10 bits per heavy atom. The van der Waals surface area contributed by atoms with Crippen LogP contribution in [0.15, 0.2) is 42.5 Å². The first-order chi connectivity index (χ1) is 13.7. The molecule has 0 aromatic heterocycles. The molecule has 0 saturated heterocycles. The number of benzene rings is 2. The van der Waals surface area contributed by atoms with E-state index in [1.165, 1.54) is 6.92 Å². The number of carbonyl (C=O) groups excluding carboxylic acids is 3. The molecule has 0 aliphatic heterocycles. The topological polar surface area (TPSA) is 113 Å². The van der Waals surface area contributed by atoms with Crippen LogP contribution in [0.2, 0.25) is 0 Å². The largest absolute Gasteiger partial charge is 0.480 e. The van der Waals surface area contributed by atoms with Gasteiger partial charge < -0.3 is 15.7 Å². The van der Waals surface area contributed by atoms with Gasteiger partial charge in [-0.05, 0) is 24.5 Å². The predicted octanol–water partition coefficient (Wildman–Crippen LogP) is 2.24. The zero-order valence-corrected chi connectivity index (χ0v) is 16.4. The van der Waals surface area contributed by atoms with E-state index in [1.807, 2.05) is 0 Å². The highest BCUT2D eigenvalue weighted by Crippen LogP contribution is 2.38. The van der Waals surface area contributed by atoms with E-state index in [4.69, 9.17) is 0 Å². The first kappa shape index (κ1) is 20.3. The van der Waals surface area contributed by atoms with Crippen molar-refractivity contribution >= 4 is 23.6 Å². The first-order valence-electron chi connectivity index (χ1n) is 9.33. The molecule has 150 valence electrons. The Hall–Kier alpha value is -3.48. The molecule has 7 nitrogen and oxygen atoms in total. The summed E-state index contributed by atoms with van der Waals surface area (Å²) < 4.78 is 0. The Labute approximate surface area is 168 Å². The van der Waals surface area contributed by atoms with Gasteiger partial charge in [-0.2, -0.15) is 0 Å². The Morgan fingerprint density at radius 1 is 0.862 bits per heavy atom. The van der Waals surface area contributed by atoms with Crippen LogP contribution in [0.3, 0.4) is 0 Å². The molecular weight excluding hydrogens is 372 g/mol. The van der Waals surface area contributed by atoms with Gasteiger partial charge in [-0.25, -0.2) is 4.79 Å². The second-order valence-corrected chi connectivity index (χ2v) is 7.37. The standard InChI is InChI=1S/C22H22N2O5/c1-11(2)18(22(28)29)24-20(26)12(3)23-21(27)16-10-6-9-15-17(16)13-7-4-5-8-14(13)19(15)25/h4-12,18H,1-3H3,(H,23,27)(H,24,26)(H,28,29). The summed E-state index contributed by atoms with van der Waals surface area (Å²) in [5.74, 6) is -2.69. The van der Waals surface area contributed by atoms with Crippen molar-refractivity contribution < 1.29 is 24.3 Å². The van der Waals surface area contributed by atoms with Crippen molar-refractivity contribution in [2.45, 2.75) is 32.9 Å². The number of hydrogen-bond acceptors (Lipinski definition) is 4. The van der Waals surface area contributed by atoms with Crippen LogP contribution >= 0.6 is 0 Å². The lowest BCUT2D eigenvalue weighted by Crippen LogP contribution is -2.52. The number of carboxylic acid groups (broad SMARTS) is 1. The van der Waals surface area contributed by atoms with Gasteiger partial charge in [0.05, 0.1) is 0 Å². The van der Waals surface area contributed by atoms with Crippen LogP contribution in [-0.2, 0) is 9.59 Å². The summed E-state index contributed by atoms with van der Waals surface area (Å²) in [6.07, 6.45) is 0. The van der Waals surface area contributed by atoms with Crippen molar-refractivity contribution in [3.05, 3.63) is 59.2 Å². The number of fused-ring (bicyclic) bond motifs is 3. The highest BCUT2D eigenvalue weighted by molar-refractivity contribution is 6.24. The molecule has 2 atom stereocenters. The summed E-state index contributed by atoms with van der Waals surface area (Å²) in [5.41, 5.74) is 2.50. The maximum absolute atomic E-state index is 12.9. The van der Waals surface area contributed by atoms with E-state index in [1.54, 1.807) is 56.3 Å². The second-order valence-electron chi connectivity index (χ2n) is 7.37. The zero-order chi connectivity index (χ0) is 21.3. The number of amides is 2. The average molecular weight is 394 g/mol. The van der Waals surface area contributed by atoms with Crippen molar-refractivity contribution in [1.29, 1.82) is 0 Å². The molecule has 2 amide bonds. The Kier molecular flexibility index (Phi) is 5.50. The minimum absolute atomic E-state index is 0.141. The molecule has 1 aliphatic carbocycles. The van der Waals surface area contributed by atoms with Crippen LogP contribution in [-0.4, -0.2) is 40.8 Å². The lowest BCUT2D eigenvalue weighted by molar-refractivity contribution is -0.143. The lowest BCUT2D eigenvalue weighted by atomic mass is 9.98. The highest BCUT2D eigenvalue weighted by Gasteiger charge is 2.31. The number of carboxylic acids is 1. The van der Waals surface area contributed by atoms with Crippen LogP contribution in [0.25, 0.3) is 11.1 Å². The van der Waals surface area contributed by atoms with Gasteiger partial charge in [0.1, 0.15) is 12.1 Å². The molecule has 2 aromatic carbocycles. The third-order valence-corrected chi connectivity index (χ3v) is 4.97. The molecule has 29 heavy (non-hydrogen) atoms. The number of aliphatic carboxylic acids is 1. The lowest BCUT2D eigenvalue weighted by Gasteiger charge is -2.21. The second kappa shape index (κ2) is 7.87. The average Bonchev–Trinajstić information content (AvgIpc) is 2.98. The van der Waals surface area contributed by atoms with Crippen LogP contribution < -0.4 is 10.6 Å². The summed E-state index contributed by atoms with van der Waals surface area (Å²) in [5, 5.41) is 14.3. The van der Waals surface area contributed by atoms with E-state index >= 15 is 0 Å². The third-order valence-electron chi connectivity index (χ3n) is 4.97. The molecular formula is C22H22N2O5. The molecule has 2 unspecified atom stereocenters. The first-order valence-corrected chi connectivity index (χ1v) is 9.33. The monoisotopic (exact) mass is 394 g/mol. The number of nitrogens with one attached hydrogen (secondary N) is 2. The van der Waals surface area contributed by atoms with Gasteiger partial charge in [-0.1, -0.05) is 50.2 Å². The SMILES string of the molecule is CC(NC(=O)c1cccc2c1-c1ccccc1C2=O)C(=O)NC(C(=O)O)C(C)C. The number of ketones is 1. The summed E-state index contributed by atoms with van der Waals surface area (Å²) in [6.45, 7) is 4.85. The van der Waals surface area contributed by atoms with Gasteiger partial charge in [-0.15, -0.1) is 0 Å². The highest BCUT2D eigenvalue weighted by atomic mass is 16.4. The van der Waals surface area contributed by atoms with E-state index in [0.29, 0.717) is 27.8 Å². The maximum Gasteiger partial charge on any atom is 0.326 e. The Balaban J connectivity index is 1.82. The molecule has 7 heteroatoms. The van der Waals surface area contributed by atoms with E-state index in [2.05, 4.69) is 10.6 Å². The summed E-state index contributed by atoms with van der Waals surface area (Å²) in [4.78, 5) is 49.1. The van der Waals surface area contributed by atoms with Gasteiger partial charge in [0.2, 0.25) is 5.91 Å². The van der Waals surface area contributed by atoms with Crippen molar-refractivity contribution in [3.63, 3.8) is 0 Å². The number of carbonyl (C=O) groups is 4. The smallest absolute Gasteiger partial charge is 0.326 e. The van der Waals surface area contributed by atoms with Gasteiger partial charge in [0.25, 0.3) is 5.91 Å². The summed E-state index contributed by atoms with van der Waals surface area (Å²) in [6, 6.07) is 9.96. The number of rotatable bonds is 6. The Bertz CT molecular complexity index is 1010. The molecule has 0 fully saturated rings. The summed E-state index contributed by atoms with van der Waals surface area (Å²) in [7, 11) is 0. The molecule has 0 bridgehead atoms. The van der Waals surface area contributed by atoms with Gasteiger partial charge in [-0.3, -0.25) is 14.4 Å². The van der Waals surface area contributed by atoms with Crippen LogP contribution in [0.4, 0.5) is 0 Å². The van der Waals surface area contributed by atoms with Crippen molar-refractivity contribution in [1.82, 2.24) is 10.6 Å². The van der Waals surface area contributed by atoms with Gasteiger partial charge in [0, 0.05) is 22.3 Å². The molecule has 0 heterocycles. The number of hydrogen-bond donors (Lipinski definition) is 3. The fourth-order valence-corrected chi connectivity index (χ4v) is 3.40. The van der Waals surface area contributed by atoms with E-state index < -0.39 is 29.9 Å². The maximum atomic E-state index is 12.9. The van der Waals surface area contributed by atoms with Crippen LogP contribution in [0.1, 0.15) is 47.1 Å². The fourth-order valence-electron chi connectivity index (χ4n) is 3.40. The molecule has 3 rings (SSSR count). The normalized spacial score (nSPS) is 14.0. The molecule has 3 N–H and O–H groups in total. The molecule has 0 spiro atoms. The van der Waals surface area contributed by atoms with E-state index in [0.717, 1.165) is 0 Å². The van der Waals surface area contributed by atoms with E-state index in [-0.39, 0.29) is 11.7 Å². The molecule has 0 radical (unpaired) electrons. The minimum atomic E-state index is -1.14. The Morgan fingerprint density at radius 2 is 1.48 bits per heavy atom. The van der Waals surface area contributed by atoms with Crippen LogP contribution in [0, 0.1) is 5.92 Å². The van der Waals surface area contributed by atoms with Crippen molar-refractivity contribution in [2.75, 3.05) is 0 Å². The van der Waals surface area contributed by atoms with E-state index in [9.17, 15) is 24.3 Å². The third kappa shape index (κ3) is 3.76. The van der Waals surface area contributed by atoms with Crippen LogP contribution in [0.5, 0.6) is 0 Å². The minimum Gasteiger partial charge on any atom is -0.480 e. The predicted molar refractivity (Wildman–Crippen MR) is 107 cm³/mol. The fraction of sp³-hybridized carbons (Fsp3) is 0.273. The van der Waals surface area contributed by atoms with Crippen molar-refractivity contribution in [2.24, 2.45) is 5.92 Å². The summed E-state index contributed by atoms with van der Waals surface area (Å²) >= 11 is 0. The molecule has 0 saturated carbocycles. The quantitative estimate of drug-likeness (QED) is 0.594. The van der Waals surface area contributed by atoms with Gasteiger partial charge >= 0.3 is 5.97 Å². The molecule has 2 aromatic rings.